The van der Waals surface area contributed by atoms with Gasteiger partial charge in [-0.2, -0.15) is 0 Å². The van der Waals surface area contributed by atoms with E-state index in [0.717, 1.165) is 49.9 Å². The zero-order valence-corrected chi connectivity index (χ0v) is 11.8. The maximum atomic E-state index is 14.0. The van der Waals surface area contributed by atoms with Crippen molar-refractivity contribution >= 4 is 0 Å². The summed E-state index contributed by atoms with van der Waals surface area (Å²) in [7, 11) is 0. The molecule has 2 aromatic carbocycles. The summed E-state index contributed by atoms with van der Waals surface area (Å²) in [5.41, 5.74) is 2.38. The highest BCUT2D eigenvalue weighted by Gasteiger charge is 2.14. The molecule has 1 heterocycles. The molecule has 0 spiro atoms. The summed E-state index contributed by atoms with van der Waals surface area (Å²) < 4.78 is 27.1. The lowest BCUT2D eigenvalue weighted by atomic mass is 9.98. The standard InChI is InChI=1S/C17H18F2N2/c18-14-5-6-16(17(19)11-14)15-4-2-1-3-13(15)12-21-9-7-20-8-10-21/h1-6,11,20H,7-10,12H2. The summed E-state index contributed by atoms with van der Waals surface area (Å²) in [4.78, 5) is 2.34. The predicted octanol–water partition coefficient (Wildman–Crippen LogP) is 3.04. The van der Waals surface area contributed by atoms with Crippen molar-refractivity contribution < 1.29 is 8.78 Å². The van der Waals surface area contributed by atoms with E-state index in [1.807, 2.05) is 24.3 Å². The van der Waals surface area contributed by atoms with Crippen molar-refractivity contribution in [1.82, 2.24) is 10.2 Å². The van der Waals surface area contributed by atoms with Crippen LogP contribution in [0, 0.1) is 11.6 Å². The van der Waals surface area contributed by atoms with Crippen LogP contribution in [0.5, 0.6) is 0 Å². The maximum absolute atomic E-state index is 14.0. The average molecular weight is 288 g/mol. The summed E-state index contributed by atoms with van der Waals surface area (Å²) in [5, 5.41) is 3.32. The van der Waals surface area contributed by atoms with Crippen LogP contribution in [0.2, 0.25) is 0 Å². The van der Waals surface area contributed by atoms with Gasteiger partial charge in [-0.1, -0.05) is 24.3 Å². The first-order chi connectivity index (χ1) is 10.2. The van der Waals surface area contributed by atoms with Gasteiger partial charge in [0.1, 0.15) is 11.6 Å². The minimum absolute atomic E-state index is 0.460. The second-order valence-corrected chi connectivity index (χ2v) is 5.31. The molecule has 0 saturated carbocycles. The summed E-state index contributed by atoms with van der Waals surface area (Å²) in [5.74, 6) is -1.06. The van der Waals surface area contributed by atoms with Crippen molar-refractivity contribution in [1.29, 1.82) is 0 Å². The molecule has 2 aromatic rings. The lowest BCUT2D eigenvalue weighted by Crippen LogP contribution is -2.42. The maximum Gasteiger partial charge on any atom is 0.133 e. The second kappa shape index (κ2) is 6.33. The van der Waals surface area contributed by atoms with Gasteiger partial charge in [0.25, 0.3) is 0 Å². The lowest BCUT2D eigenvalue weighted by Gasteiger charge is -2.28. The Labute approximate surface area is 123 Å². The lowest BCUT2D eigenvalue weighted by molar-refractivity contribution is 0.233. The third-order valence-electron chi connectivity index (χ3n) is 3.84. The SMILES string of the molecule is Fc1ccc(-c2ccccc2CN2CCNCC2)c(F)c1. The van der Waals surface area contributed by atoms with Gasteiger partial charge in [0.15, 0.2) is 0 Å². The van der Waals surface area contributed by atoms with Crippen LogP contribution < -0.4 is 5.32 Å². The molecule has 3 rings (SSSR count). The zero-order chi connectivity index (χ0) is 14.7. The van der Waals surface area contributed by atoms with E-state index in [1.54, 1.807) is 0 Å². The third-order valence-corrected chi connectivity index (χ3v) is 3.84. The van der Waals surface area contributed by atoms with Crippen molar-refractivity contribution in [2.24, 2.45) is 0 Å². The minimum Gasteiger partial charge on any atom is -0.314 e. The Morgan fingerprint density at radius 2 is 1.71 bits per heavy atom. The van der Waals surface area contributed by atoms with E-state index in [9.17, 15) is 8.78 Å². The van der Waals surface area contributed by atoms with Crippen LogP contribution in [0.3, 0.4) is 0 Å². The second-order valence-electron chi connectivity index (χ2n) is 5.31. The predicted molar refractivity (Wildman–Crippen MR) is 79.9 cm³/mol. The van der Waals surface area contributed by atoms with E-state index < -0.39 is 11.6 Å². The molecule has 4 heteroatoms. The van der Waals surface area contributed by atoms with E-state index in [-0.39, 0.29) is 0 Å². The molecule has 21 heavy (non-hydrogen) atoms. The number of piperazine rings is 1. The van der Waals surface area contributed by atoms with Crippen LogP contribution in [-0.4, -0.2) is 31.1 Å². The number of benzene rings is 2. The van der Waals surface area contributed by atoms with Crippen LogP contribution in [0.4, 0.5) is 8.78 Å². The molecule has 0 aliphatic carbocycles. The average Bonchev–Trinajstić information content (AvgIpc) is 2.49. The Kier molecular flexibility index (Phi) is 4.27. The van der Waals surface area contributed by atoms with Gasteiger partial charge in [0.2, 0.25) is 0 Å². The van der Waals surface area contributed by atoms with Gasteiger partial charge in [-0.25, -0.2) is 8.78 Å². The molecule has 0 radical (unpaired) electrons. The smallest absolute Gasteiger partial charge is 0.133 e. The topological polar surface area (TPSA) is 15.3 Å². The molecule has 0 atom stereocenters. The van der Waals surface area contributed by atoms with Crippen molar-refractivity contribution in [3.05, 3.63) is 59.7 Å². The first kappa shape index (κ1) is 14.2. The van der Waals surface area contributed by atoms with Gasteiger partial charge in [-0.05, 0) is 23.3 Å². The Bertz CT molecular complexity index is 622. The van der Waals surface area contributed by atoms with E-state index in [1.165, 1.54) is 12.1 Å². The minimum atomic E-state index is -0.546. The molecule has 1 N–H and O–H groups in total. The third kappa shape index (κ3) is 3.28. The van der Waals surface area contributed by atoms with Crippen molar-refractivity contribution in [3.8, 4) is 11.1 Å². The number of hydrogen-bond acceptors (Lipinski definition) is 2. The highest BCUT2D eigenvalue weighted by molar-refractivity contribution is 5.67. The van der Waals surface area contributed by atoms with Gasteiger partial charge in [-0.15, -0.1) is 0 Å². The highest BCUT2D eigenvalue weighted by Crippen LogP contribution is 2.27. The van der Waals surface area contributed by atoms with E-state index in [0.29, 0.717) is 5.56 Å². The Hall–Kier alpha value is -1.78. The fraction of sp³-hybridized carbons (Fsp3) is 0.294. The Morgan fingerprint density at radius 3 is 2.48 bits per heavy atom. The van der Waals surface area contributed by atoms with Gasteiger partial charge < -0.3 is 5.32 Å². The van der Waals surface area contributed by atoms with Crippen molar-refractivity contribution in [2.45, 2.75) is 6.54 Å². The van der Waals surface area contributed by atoms with Crippen LogP contribution in [0.25, 0.3) is 11.1 Å². The summed E-state index contributed by atoms with van der Waals surface area (Å²) >= 11 is 0. The largest absolute Gasteiger partial charge is 0.314 e. The fourth-order valence-electron chi connectivity index (χ4n) is 2.74. The first-order valence-corrected chi connectivity index (χ1v) is 7.20. The summed E-state index contributed by atoms with van der Waals surface area (Å²) in [6.45, 7) is 4.72. The molecular formula is C17H18F2N2. The Balaban J connectivity index is 1.91. The number of nitrogens with one attached hydrogen (secondary N) is 1. The van der Waals surface area contributed by atoms with Crippen LogP contribution in [0.1, 0.15) is 5.56 Å². The monoisotopic (exact) mass is 288 g/mol. The molecule has 2 nitrogen and oxygen atoms in total. The molecule has 110 valence electrons. The van der Waals surface area contributed by atoms with Gasteiger partial charge in [0.05, 0.1) is 0 Å². The van der Waals surface area contributed by atoms with Crippen molar-refractivity contribution in [2.75, 3.05) is 26.2 Å². The fourth-order valence-corrected chi connectivity index (χ4v) is 2.74. The highest BCUT2D eigenvalue weighted by atomic mass is 19.1. The molecule has 0 amide bonds. The molecule has 1 saturated heterocycles. The van der Waals surface area contributed by atoms with Crippen LogP contribution in [-0.2, 0) is 6.54 Å². The van der Waals surface area contributed by atoms with Gasteiger partial charge in [-0.3, -0.25) is 4.90 Å². The van der Waals surface area contributed by atoms with Gasteiger partial charge in [0, 0.05) is 44.4 Å². The molecular weight excluding hydrogens is 270 g/mol. The number of rotatable bonds is 3. The molecule has 0 aromatic heterocycles. The molecule has 0 unspecified atom stereocenters. The van der Waals surface area contributed by atoms with Crippen molar-refractivity contribution in [3.63, 3.8) is 0 Å². The number of halogens is 2. The summed E-state index contributed by atoms with van der Waals surface area (Å²) in [6, 6.07) is 11.5. The number of nitrogens with zero attached hydrogens (tertiary/aromatic N) is 1. The molecule has 1 aliphatic rings. The van der Waals surface area contributed by atoms with Crippen LogP contribution in [0.15, 0.2) is 42.5 Å². The normalized spacial score (nSPS) is 16.1. The molecule has 1 aliphatic heterocycles. The Morgan fingerprint density at radius 1 is 0.952 bits per heavy atom. The zero-order valence-electron chi connectivity index (χ0n) is 11.8. The quantitative estimate of drug-likeness (QED) is 0.934. The van der Waals surface area contributed by atoms with E-state index in [4.69, 9.17) is 0 Å². The molecule has 1 fully saturated rings. The summed E-state index contributed by atoms with van der Waals surface area (Å²) in [6.07, 6.45) is 0. The van der Waals surface area contributed by atoms with Gasteiger partial charge >= 0.3 is 0 Å². The van der Waals surface area contributed by atoms with E-state index >= 15 is 0 Å². The first-order valence-electron chi connectivity index (χ1n) is 7.20. The van der Waals surface area contributed by atoms with Crippen LogP contribution >= 0.6 is 0 Å². The number of hydrogen-bond donors (Lipinski definition) is 1. The van der Waals surface area contributed by atoms with E-state index in [2.05, 4.69) is 10.2 Å². The molecule has 0 bridgehead atoms.